The van der Waals surface area contributed by atoms with Crippen molar-refractivity contribution in [3.05, 3.63) is 50.6 Å². The summed E-state index contributed by atoms with van der Waals surface area (Å²) < 4.78 is 1.02. The number of hydrogen-bond donors (Lipinski definition) is 0. The molecule has 0 amide bonds. The van der Waals surface area contributed by atoms with E-state index >= 15 is 0 Å². The fourth-order valence-corrected chi connectivity index (χ4v) is 2.30. The molecule has 0 saturated heterocycles. The van der Waals surface area contributed by atoms with E-state index in [0.29, 0.717) is 34.8 Å². The van der Waals surface area contributed by atoms with Crippen molar-refractivity contribution in [2.45, 2.75) is 0 Å². The standard InChI is InChI=1S/2C7H11NS3.Zn/c2*1-3-5-8(11,6-4-2)7(9)10;/h2*3-4H,1-2,5-6H2,(H,9,10);/q;;+2/p-2. The molecule has 0 fully saturated rings. The molecule has 0 aromatic rings. The summed E-state index contributed by atoms with van der Waals surface area (Å²) in [7, 11) is 0. The third-order valence-corrected chi connectivity index (χ3v) is 5.18. The van der Waals surface area contributed by atoms with Gasteiger partial charge in [0.2, 0.25) is 0 Å². The van der Waals surface area contributed by atoms with Gasteiger partial charge in [0, 0.05) is 8.64 Å². The van der Waals surface area contributed by atoms with E-state index in [0.717, 1.165) is 0 Å². The van der Waals surface area contributed by atoms with Crippen LogP contribution in [0.2, 0.25) is 0 Å². The second kappa shape index (κ2) is 15.1. The molecule has 2 nitrogen and oxygen atoms in total. The summed E-state index contributed by atoms with van der Waals surface area (Å²) in [4.78, 5) is 0. The Morgan fingerprint density at radius 2 is 0.870 bits per heavy atom. The Balaban J connectivity index is -0.000000333. The van der Waals surface area contributed by atoms with Crippen LogP contribution in [0.3, 0.4) is 0 Å². The number of hydrogen-bond acceptors (Lipinski definition) is 6. The van der Waals surface area contributed by atoms with Crippen molar-refractivity contribution in [3.8, 4) is 0 Å². The number of thiocarbonyl (C=S) groups is 2. The molecule has 0 aromatic carbocycles. The van der Waals surface area contributed by atoms with E-state index in [1.54, 1.807) is 24.3 Å². The molecule has 0 saturated carbocycles. The molecular formula is C14H20N2S6Zn. The molecule has 0 rings (SSSR count). The van der Waals surface area contributed by atoms with Crippen molar-refractivity contribution < 1.29 is 27.3 Å². The summed E-state index contributed by atoms with van der Waals surface area (Å²) in [6, 6.07) is 0. The molecule has 124 valence electrons. The zero-order valence-electron chi connectivity index (χ0n) is 13.0. The minimum absolute atomic E-state index is 0. The van der Waals surface area contributed by atoms with Gasteiger partial charge < -0.3 is 83.1 Å². The summed E-state index contributed by atoms with van der Waals surface area (Å²) in [5, 5.41) is 0. The largest absolute Gasteiger partial charge is 2.00 e. The van der Waals surface area contributed by atoms with E-state index in [4.69, 9.17) is 75.3 Å². The van der Waals surface area contributed by atoms with Gasteiger partial charge >= 0.3 is 19.5 Å². The average Bonchev–Trinajstić information content (AvgIpc) is 2.40. The van der Waals surface area contributed by atoms with Gasteiger partial charge in [-0.25, -0.2) is 0 Å². The second-order valence-electron chi connectivity index (χ2n) is 4.20. The van der Waals surface area contributed by atoms with Crippen molar-refractivity contribution >= 4 is 84.0 Å². The monoisotopic (exact) mass is 472 g/mol. The predicted octanol–water partition coefficient (Wildman–Crippen LogP) is 2.94. The minimum atomic E-state index is 0. The number of rotatable bonds is 8. The maximum Gasteiger partial charge on any atom is 2.00 e. The summed E-state index contributed by atoms with van der Waals surface area (Å²) in [6.45, 7) is 16.7. The van der Waals surface area contributed by atoms with Crippen LogP contribution in [0.15, 0.2) is 50.6 Å². The van der Waals surface area contributed by atoms with E-state index in [2.05, 4.69) is 26.3 Å². The van der Waals surface area contributed by atoms with Crippen molar-refractivity contribution in [2.75, 3.05) is 26.2 Å². The van der Waals surface area contributed by atoms with Crippen LogP contribution in [0.1, 0.15) is 0 Å². The van der Waals surface area contributed by atoms with Crippen molar-refractivity contribution in [1.82, 2.24) is 0 Å². The number of quaternary nitrogens is 2. The Hall–Kier alpha value is 0.823. The Labute approximate surface area is 186 Å². The Bertz CT molecular complexity index is 379. The molecular weight excluding hydrogens is 454 g/mol. The molecule has 0 aliphatic rings. The van der Waals surface area contributed by atoms with Gasteiger partial charge in [-0.05, 0) is 24.3 Å². The molecule has 0 unspecified atom stereocenters. The molecule has 0 radical (unpaired) electrons. The van der Waals surface area contributed by atoms with E-state index in [9.17, 15) is 0 Å². The van der Waals surface area contributed by atoms with Gasteiger partial charge in [0.25, 0.3) is 0 Å². The molecule has 0 bridgehead atoms. The van der Waals surface area contributed by atoms with Crippen molar-refractivity contribution in [1.29, 1.82) is 0 Å². The van der Waals surface area contributed by atoms with Gasteiger partial charge in [-0.3, -0.25) is 0 Å². The Morgan fingerprint density at radius 1 is 0.696 bits per heavy atom. The summed E-state index contributed by atoms with van der Waals surface area (Å²) in [6.07, 6.45) is 6.87. The molecule has 0 heterocycles. The molecule has 0 aromatic heterocycles. The quantitative estimate of drug-likeness (QED) is 0.173. The topological polar surface area (TPSA) is 0 Å². The summed E-state index contributed by atoms with van der Waals surface area (Å²) in [5.41, 5.74) is 0. The predicted molar refractivity (Wildman–Crippen MR) is 115 cm³/mol. The van der Waals surface area contributed by atoms with Crippen molar-refractivity contribution in [2.24, 2.45) is 0 Å². The van der Waals surface area contributed by atoms with Crippen LogP contribution in [0.25, 0.3) is 0 Å². The normalized spacial score (nSPS) is 10.2. The average molecular weight is 474 g/mol. The van der Waals surface area contributed by atoms with Crippen LogP contribution in [0.4, 0.5) is 0 Å². The molecule has 0 aliphatic carbocycles. The van der Waals surface area contributed by atoms with Crippen LogP contribution in [-0.4, -0.2) is 42.6 Å². The number of nitrogens with zero attached hydrogens (tertiary/aromatic N) is 2. The van der Waals surface area contributed by atoms with Gasteiger partial charge in [0.05, 0.1) is 26.2 Å². The van der Waals surface area contributed by atoms with Crippen LogP contribution in [0, 0.1) is 0 Å². The van der Waals surface area contributed by atoms with Gasteiger partial charge in [0.1, 0.15) is 0 Å². The van der Waals surface area contributed by atoms with E-state index in [1.165, 1.54) is 0 Å². The molecule has 23 heavy (non-hydrogen) atoms. The smallest absolute Gasteiger partial charge is 0.489 e. The summed E-state index contributed by atoms with van der Waals surface area (Å²) in [5.74, 6) is 0. The first-order valence-corrected chi connectivity index (χ1v) is 8.52. The molecule has 9 heteroatoms. The van der Waals surface area contributed by atoms with Gasteiger partial charge in [-0.2, -0.15) is 0 Å². The van der Waals surface area contributed by atoms with Gasteiger partial charge in [-0.15, -0.1) is 0 Å². The molecule has 0 atom stereocenters. The minimum Gasteiger partial charge on any atom is -0.489 e. The first-order chi connectivity index (χ1) is 10.1. The molecule has 0 spiro atoms. The van der Waals surface area contributed by atoms with Crippen LogP contribution >= 0.6 is 24.4 Å². The third kappa shape index (κ3) is 11.9. The second-order valence-corrected chi connectivity index (χ2v) is 7.66. The van der Waals surface area contributed by atoms with E-state index < -0.39 is 0 Å². The molecule has 0 aliphatic heterocycles. The Kier molecular flexibility index (Phi) is 18.8. The zero-order valence-corrected chi connectivity index (χ0v) is 20.9. The van der Waals surface area contributed by atoms with Gasteiger partial charge in [0.15, 0.2) is 0 Å². The van der Waals surface area contributed by atoms with Crippen LogP contribution in [-0.2, 0) is 70.4 Å². The SMILES string of the molecule is C=CC[N+]([S-])(CC=C)C(=S)[S-].C=CC[N+]([S-])(CC=C)C(=S)[S-].[Zn+2]. The fraction of sp³-hybridized carbons (Fsp3) is 0.286. The first kappa shape index (κ1) is 28.6. The van der Waals surface area contributed by atoms with Gasteiger partial charge in [-0.1, -0.05) is 26.3 Å². The van der Waals surface area contributed by atoms with Crippen LogP contribution < -0.4 is 0 Å². The Morgan fingerprint density at radius 3 is 0.957 bits per heavy atom. The molecule has 0 N–H and O–H groups in total. The maximum absolute atomic E-state index is 5.17. The maximum atomic E-state index is 5.17. The van der Waals surface area contributed by atoms with Crippen molar-refractivity contribution in [3.63, 3.8) is 0 Å². The first-order valence-electron chi connectivity index (χ1n) is 6.16. The van der Waals surface area contributed by atoms with E-state index in [1.807, 2.05) is 0 Å². The zero-order chi connectivity index (χ0) is 17.8. The summed E-state index contributed by atoms with van der Waals surface area (Å²) >= 11 is 29.7. The van der Waals surface area contributed by atoms with E-state index in [-0.39, 0.29) is 27.3 Å². The fourth-order valence-electron chi connectivity index (χ4n) is 1.28. The van der Waals surface area contributed by atoms with Crippen LogP contribution in [0.5, 0.6) is 0 Å². The third-order valence-electron chi connectivity index (χ3n) is 2.36.